The van der Waals surface area contributed by atoms with Gasteiger partial charge in [0, 0.05) is 42.5 Å². The first-order valence-corrected chi connectivity index (χ1v) is 8.83. The Bertz CT molecular complexity index is 600. The standard InChI is InChI=1S/C19H31N3O2/c1-12(2)16-15(8-9-20-16)17(23)22-13(3)10-21(11-14(22)4)18(24)19(5,6)7/h8-9,12-14,20H,10-11H2,1-7H3. The van der Waals surface area contributed by atoms with Gasteiger partial charge in [0.25, 0.3) is 5.91 Å². The zero-order valence-corrected chi connectivity index (χ0v) is 16.0. The molecule has 1 aliphatic rings. The molecule has 1 N–H and O–H groups in total. The molecule has 2 unspecified atom stereocenters. The molecule has 0 bridgehead atoms. The minimum atomic E-state index is -0.392. The van der Waals surface area contributed by atoms with Crippen LogP contribution in [0.3, 0.4) is 0 Å². The lowest BCUT2D eigenvalue weighted by Crippen LogP contribution is -2.61. The van der Waals surface area contributed by atoms with Crippen molar-refractivity contribution in [1.29, 1.82) is 0 Å². The van der Waals surface area contributed by atoms with Crippen molar-refractivity contribution in [3.8, 4) is 0 Å². The van der Waals surface area contributed by atoms with Gasteiger partial charge >= 0.3 is 0 Å². The van der Waals surface area contributed by atoms with Crippen molar-refractivity contribution >= 4 is 11.8 Å². The summed E-state index contributed by atoms with van der Waals surface area (Å²) in [5.41, 5.74) is 1.34. The van der Waals surface area contributed by atoms with Crippen molar-refractivity contribution in [2.45, 2.75) is 66.5 Å². The van der Waals surface area contributed by atoms with E-state index >= 15 is 0 Å². The lowest BCUT2D eigenvalue weighted by molar-refractivity contribution is -0.143. The van der Waals surface area contributed by atoms with Gasteiger partial charge in [-0.15, -0.1) is 0 Å². The molecule has 1 fully saturated rings. The van der Waals surface area contributed by atoms with Crippen LogP contribution in [0.4, 0.5) is 0 Å². The van der Waals surface area contributed by atoms with E-state index in [0.717, 1.165) is 11.3 Å². The van der Waals surface area contributed by atoms with E-state index in [0.29, 0.717) is 13.1 Å². The van der Waals surface area contributed by atoms with E-state index in [-0.39, 0.29) is 29.8 Å². The Morgan fingerprint density at radius 3 is 2.17 bits per heavy atom. The van der Waals surface area contributed by atoms with E-state index in [9.17, 15) is 9.59 Å². The molecule has 5 heteroatoms. The van der Waals surface area contributed by atoms with E-state index in [1.807, 2.05) is 56.7 Å². The van der Waals surface area contributed by atoms with Crippen LogP contribution in [0.1, 0.15) is 70.4 Å². The van der Waals surface area contributed by atoms with Crippen molar-refractivity contribution in [2.75, 3.05) is 13.1 Å². The van der Waals surface area contributed by atoms with Crippen LogP contribution >= 0.6 is 0 Å². The van der Waals surface area contributed by atoms with Crippen molar-refractivity contribution in [3.05, 3.63) is 23.5 Å². The highest BCUT2D eigenvalue weighted by molar-refractivity contribution is 5.96. The second-order valence-corrected chi connectivity index (χ2v) is 8.33. The summed E-state index contributed by atoms with van der Waals surface area (Å²) in [4.78, 5) is 32.7. The second-order valence-electron chi connectivity index (χ2n) is 8.33. The number of carbonyl (C=O) groups is 2. The molecule has 2 atom stereocenters. The van der Waals surface area contributed by atoms with E-state index in [4.69, 9.17) is 0 Å². The molecular weight excluding hydrogens is 302 g/mol. The number of nitrogens with zero attached hydrogens (tertiary/aromatic N) is 2. The molecule has 134 valence electrons. The molecule has 2 amide bonds. The molecule has 24 heavy (non-hydrogen) atoms. The summed E-state index contributed by atoms with van der Waals surface area (Å²) in [6.45, 7) is 15.2. The largest absolute Gasteiger partial charge is 0.364 e. The molecule has 0 aromatic carbocycles. The minimum Gasteiger partial charge on any atom is -0.364 e. The van der Waals surface area contributed by atoms with E-state index in [1.54, 1.807) is 0 Å². The molecule has 1 aromatic heterocycles. The van der Waals surface area contributed by atoms with Crippen LogP contribution in [0.5, 0.6) is 0 Å². The zero-order valence-electron chi connectivity index (χ0n) is 16.0. The van der Waals surface area contributed by atoms with E-state index < -0.39 is 5.41 Å². The highest BCUT2D eigenvalue weighted by Crippen LogP contribution is 2.26. The van der Waals surface area contributed by atoms with Crippen LogP contribution in [-0.4, -0.2) is 51.8 Å². The Hall–Kier alpha value is -1.78. The normalized spacial score (nSPS) is 22.2. The van der Waals surface area contributed by atoms with Crippen LogP contribution in [0, 0.1) is 5.41 Å². The van der Waals surface area contributed by atoms with Gasteiger partial charge in [-0.2, -0.15) is 0 Å². The molecular formula is C19H31N3O2. The van der Waals surface area contributed by atoms with Crippen LogP contribution in [-0.2, 0) is 4.79 Å². The minimum absolute atomic E-state index is 0.00228. The fraction of sp³-hybridized carbons (Fsp3) is 0.684. The number of aromatic nitrogens is 1. The number of hydrogen-bond donors (Lipinski definition) is 1. The predicted molar refractivity (Wildman–Crippen MR) is 96.0 cm³/mol. The highest BCUT2D eigenvalue weighted by Gasteiger charge is 2.38. The fourth-order valence-corrected chi connectivity index (χ4v) is 3.55. The number of nitrogens with one attached hydrogen (secondary N) is 1. The third-order valence-electron chi connectivity index (χ3n) is 4.67. The van der Waals surface area contributed by atoms with Crippen LogP contribution in [0.15, 0.2) is 12.3 Å². The van der Waals surface area contributed by atoms with Gasteiger partial charge in [0.15, 0.2) is 0 Å². The maximum atomic E-state index is 13.1. The molecule has 0 spiro atoms. The Morgan fingerprint density at radius 2 is 1.71 bits per heavy atom. The number of rotatable bonds is 2. The summed E-state index contributed by atoms with van der Waals surface area (Å²) in [6, 6.07) is 1.87. The second kappa shape index (κ2) is 6.61. The average Bonchev–Trinajstić information content (AvgIpc) is 2.94. The molecule has 2 rings (SSSR count). The van der Waals surface area contributed by atoms with E-state index in [2.05, 4.69) is 18.8 Å². The van der Waals surface area contributed by atoms with Gasteiger partial charge in [0.1, 0.15) is 0 Å². The lowest BCUT2D eigenvalue weighted by Gasteiger charge is -2.46. The summed E-state index contributed by atoms with van der Waals surface area (Å²) in [5, 5.41) is 0. The number of carbonyl (C=O) groups excluding carboxylic acids is 2. The first-order chi connectivity index (χ1) is 11.0. The average molecular weight is 333 g/mol. The van der Waals surface area contributed by atoms with Gasteiger partial charge in [-0.1, -0.05) is 34.6 Å². The lowest BCUT2D eigenvalue weighted by atomic mass is 9.93. The molecule has 2 heterocycles. The van der Waals surface area contributed by atoms with Gasteiger partial charge in [-0.3, -0.25) is 9.59 Å². The Balaban J connectivity index is 2.20. The maximum Gasteiger partial charge on any atom is 0.256 e. The van der Waals surface area contributed by atoms with Crippen LogP contribution in [0.25, 0.3) is 0 Å². The number of piperazine rings is 1. The topological polar surface area (TPSA) is 56.4 Å². The first-order valence-electron chi connectivity index (χ1n) is 8.83. The molecule has 0 aliphatic carbocycles. The molecule has 1 aromatic rings. The Morgan fingerprint density at radius 1 is 1.17 bits per heavy atom. The number of hydrogen-bond acceptors (Lipinski definition) is 2. The monoisotopic (exact) mass is 333 g/mol. The van der Waals surface area contributed by atoms with Crippen LogP contribution in [0.2, 0.25) is 0 Å². The molecule has 5 nitrogen and oxygen atoms in total. The first kappa shape index (κ1) is 18.6. The maximum absolute atomic E-state index is 13.1. The summed E-state index contributed by atoms with van der Waals surface area (Å²) >= 11 is 0. The Kier molecular flexibility index (Phi) is 5.11. The Labute approximate surface area is 145 Å². The summed E-state index contributed by atoms with van der Waals surface area (Å²) in [6.07, 6.45) is 1.83. The van der Waals surface area contributed by atoms with Crippen molar-refractivity contribution < 1.29 is 9.59 Å². The molecule has 0 radical (unpaired) electrons. The molecule has 0 saturated carbocycles. The van der Waals surface area contributed by atoms with E-state index in [1.165, 1.54) is 0 Å². The highest BCUT2D eigenvalue weighted by atomic mass is 16.2. The van der Waals surface area contributed by atoms with Gasteiger partial charge < -0.3 is 14.8 Å². The van der Waals surface area contributed by atoms with Gasteiger partial charge in [-0.25, -0.2) is 0 Å². The van der Waals surface area contributed by atoms with Crippen LogP contribution < -0.4 is 0 Å². The fourth-order valence-electron chi connectivity index (χ4n) is 3.55. The quantitative estimate of drug-likeness (QED) is 0.903. The third kappa shape index (κ3) is 3.50. The zero-order chi connectivity index (χ0) is 18.2. The summed E-state index contributed by atoms with van der Waals surface area (Å²) in [7, 11) is 0. The summed E-state index contributed by atoms with van der Waals surface area (Å²) in [5.74, 6) is 0.481. The van der Waals surface area contributed by atoms with Gasteiger partial charge in [0.05, 0.1) is 5.56 Å². The predicted octanol–water partition coefficient (Wildman–Crippen LogP) is 3.25. The van der Waals surface area contributed by atoms with Crippen molar-refractivity contribution in [3.63, 3.8) is 0 Å². The third-order valence-corrected chi connectivity index (χ3v) is 4.67. The molecule has 1 saturated heterocycles. The number of amides is 2. The van der Waals surface area contributed by atoms with Crippen molar-refractivity contribution in [1.82, 2.24) is 14.8 Å². The summed E-state index contributed by atoms with van der Waals surface area (Å²) < 4.78 is 0. The number of H-pyrrole nitrogens is 1. The van der Waals surface area contributed by atoms with Gasteiger partial charge in [0.2, 0.25) is 5.91 Å². The smallest absolute Gasteiger partial charge is 0.256 e. The SMILES string of the molecule is CC(C)c1[nH]ccc1C(=O)N1C(C)CN(C(=O)C(C)(C)C)CC1C. The number of aromatic amines is 1. The molecule has 1 aliphatic heterocycles. The van der Waals surface area contributed by atoms with Crippen molar-refractivity contribution in [2.24, 2.45) is 5.41 Å². The van der Waals surface area contributed by atoms with Gasteiger partial charge in [-0.05, 0) is 25.8 Å².